The Kier molecular flexibility index (Phi) is 29.9. The van der Waals surface area contributed by atoms with Crippen molar-refractivity contribution in [1.29, 1.82) is 0 Å². The summed E-state index contributed by atoms with van der Waals surface area (Å²) in [5, 5.41) is 91.5. The number of nitrogens with one attached hydrogen (secondary N) is 2. The van der Waals surface area contributed by atoms with E-state index in [4.69, 9.17) is 51.7 Å². The van der Waals surface area contributed by atoms with Crippen LogP contribution in [0.3, 0.4) is 0 Å². The van der Waals surface area contributed by atoms with Gasteiger partial charge in [-0.1, -0.05) is 59.7 Å². The standard InChI is InChI=1S/C8H9F.C8H11NO3S.C8H9NO2.C8H11NO.C8H10O.C7H9NO2.2C7H8O2/c1-6-3-4-8(9)7(2)5-6;1-6-3-4-8(10)7(5-6)9-13(2,11)12;1-6-2-3-8(11)7(4-6)9-5-10;1-6-2-7(5-10)4-8(9)3-6;1-6-3-4-8(9)7(2)5-6;1-5-2-3-7(10)6(4-9)8-5;1-5-2-6(8)4-7(9)3-5;1-5-2-3-6(8)7(9)4-5/h3-5H,1-2H3;3-5,9-10H,1-2H3;2-5,11H,1H3,(H,9,10);2-4,10H,5,9H2,1H3;3-5,9H,1-2H3;2-3,9-10H,4H2,1H3;2*2-4,8-9H,1H3. The Morgan fingerprint density at radius 2 is 0.925 bits per heavy atom. The number of sulfonamides is 1. The van der Waals surface area contributed by atoms with Crippen molar-refractivity contribution in [3.05, 3.63) is 212 Å². The van der Waals surface area contributed by atoms with Gasteiger partial charge in [-0.15, -0.1) is 0 Å². The van der Waals surface area contributed by atoms with Crippen molar-refractivity contribution in [2.24, 2.45) is 0 Å². The number of halogens is 1. The van der Waals surface area contributed by atoms with Gasteiger partial charge in [-0.05, 0) is 199 Å². The first-order chi connectivity index (χ1) is 37.4. The van der Waals surface area contributed by atoms with Crippen molar-refractivity contribution >= 4 is 33.5 Å². The predicted molar refractivity (Wildman–Crippen MR) is 314 cm³/mol. The van der Waals surface area contributed by atoms with Crippen LogP contribution in [0.4, 0.5) is 21.5 Å². The minimum atomic E-state index is -3.33. The van der Waals surface area contributed by atoms with Gasteiger partial charge in [-0.3, -0.25) is 14.5 Å². The molecule has 430 valence electrons. The van der Waals surface area contributed by atoms with Crippen LogP contribution in [0.5, 0.6) is 46.0 Å². The number of aliphatic hydroxyl groups excluding tert-OH is 2. The van der Waals surface area contributed by atoms with E-state index in [0.717, 1.165) is 62.0 Å². The van der Waals surface area contributed by atoms with Crippen LogP contribution in [-0.2, 0) is 28.0 Å². The van der Waals surface area contributed by atoms with Gasteiger partial charge >= 0.3 is 0 Å². The van der Waals surface area contributed by atoms with Crippen LogP contribution in [0, 0.1) is 75.1 Å². The highest BCUT2D eigenvalue weighted by atomic mass is 32.2. The summed E-state index contributed by atoms with van der Waals surface area (Å²) in [5.41, 5.74) is 17.6. The number of pyridine rings is 1. The van der Waals surface area contributed by atoms with E-state index in [1.165, 1.54) is 42.0 Å². The summed E-state index contributed by atoms with van der Waals surface area (Å²) in [6, 6.07) is 38.3. The Morgan fingerprint density at radius 3 is 1.34 bits per heavy atom. The number of phenolic OH excluding ortho intramolecular Hbond substituents is 7. The zero-order chi connectivity index (χ0) is 60.9. The van der Waals surface area contributed by atoms with Crippen LogP contribution in [0.25, 0.3) is 0 Å². The number of aromatic nitrogens is 1. The molecular weight excluding hydrogens is 1050 g/mol. The number of aliphatic hydroxyl groups is 2. The van der Waals surface area contributed by atoms with Gasteiger partial charge in [0.15, 0.2) is 11.5 Å². The number of rotatable bonds is 6. The minimum absolute atomic E-state index is 0.0492. The average molecular weight is 1120 g/mol. The molecule has 17 nitrogen and oxygen atoms in total. The van der Waals surface area contributed by atoms with Gasteiger partial charge in [-0.2, -0.15) is 0 Å². The predicted octanol–water partition coefficient (Wildman–Crippen LogP) is 11.3. The van der Waals surface area contributed by atoms with E-state index in [1.54, 1.807) is 93.6 Å². The van der Waals surface area contributed by atoms with Crippen molar-refractivity contribution in [3.8, 4) is 46.0 Å². The molecule has 0 radical (unpaired) electrons. The fraction of sp³-hybridized carbons (Fsp3) is 0.213. The average Bonchev–Trinajstić information content (AvgIpc) is 3.36. The molecule has 0 bridgehead atoms. The number of nitrogens with two attached hydrogens (primary N) is 1. The molecule has 0 aliphatic carbocycles. The van der Waals surface area contributed by atoms with Crippen molar-refractivity contribution in [2.75, 3.05) is 22.0 Å². The molecule has 8 rings (SSSR count). The van der Waals surface area contributed by atoms with Crippen LogP contribution in [0.2, 0.25) is 0 Å². The number of carbonyl (C=O) groups is 1. The maximum atomic E-state index is 12.5. The molecule has 14 N–H and O–H groups in total. The second-order valence-electron chi connectivity index (χ2n) is 18.2. The first kappa shape index (κ1) is 69.0. The molecule has 0 aliphatic rings. The second kappa shape index (κ2) is 34.7. The third-order valence-corrected chi connectivity index (χ3v) is 10.8. The number of nitrogen functional groups attached to an aromatic ring is 1. The second-order valence-corrected chi connectivity index (χ2v) is 20.0. The maximum Gasteiger partial charge on any atom is 0.229 e. The number of hydrogen-bond acceptors (Lipinski definition) is 15. The number of carbonyl (C=O) groups excluding carboxylic acids is 1. The van der Waals surface area contributed by atoms with Gasteiger partial charge in [0.25, 0.3) is 0 Å². The highest BCUT2D eigenvalue weighted by Crippen LogP contribution is 2.26. The molecule has 1 aromatic heterocycles. The van der Waals surface area contributed by atoms with Crippen LogP contribution in [-0.4, -0.2) is 77.1 Å². The van der Waals surface area contributed by atoms with Crippen molar-refractivity contribution < 1.29 is 68.7 Å². The lowest BCUT2D eigenvalue weighted by atomic mass is 10.1. The molecule has 0 atom stereocenters. The molecule has 0 saturated heterocycles. The monoisotopic (exact) mass is 1120 g/mol. The van der Waals surface area contributed by atoms with Crippen LogP contribution in [0.1, 0.15) is 67.0 Å². The Balaban J connectivity index is 0.000000458. The van der Waals surface area contributed by atoms with Crippen molar-refractivity contribution in [1.82, 2.24) is 4.98 Å². The first-order valence-electron chi connectivity index (χ1n) is 24.3. The molecule has 8 aromatic rings. The molecular formula is C61H75FN4O13S. The highest BCUT2D eigenvalue weighted by Gasteiger charge is 2.06. The molecule has 7 aromatic carbocycles. The number of aromatic hydroxyl groups is 8. The largest absolute Gasteiger partial charge is 0.508 e. The van der Waals surface area contributed by atoms with Gasteiger partial charge in [0.1, 0.15) is 46.0 Å². The van der Waals surface area contributed by atoms with E-state index < -0.39 is 10.0 Å². The van der Waals surface area contributed by atoms with E-state index >= 15 is 0 Å². The van der Waals surface area contributed by atoms with E-state index in [9.17, 15) is 22.7 Å². The van der Waals surface area contributed by atoms with Gasteiger partial charge in [0.2, 0.25) is 16.4 Å². The number of hydrogen-bond donors (Lipinski definition) is 13. The molecule has 0 aliphatic heterocycles. The molecule has 0 spiro atoms. The van der Waals surface area contributed by atoms with Gasteiger partial charge in [-0.25, -0.2) is 12.8 Å². The molecule has 80 heavy (non-hydrogen) atoms. The smallest absolute Gasteiger partial charge is 0.229 e. The fourth-order valence-electron chi connectivity index (χ4n) is 6.44. The van der Waals surface area contributed by atoms with Crippen LogP contribution >= 0.6 is 0 Å². The van der Waals surface area contributed by atoms with Crippen LogP contribution < -0.4 is 15.8 Å². The number of anilines is 3. The normalized spacial score (nSPS) is 9.82. The van der Waals surface area contributed by atoms with Gasteiger partial charge < -0.3 is 62.1 Å². The summed E-state index contributed by atoms with van der Waals surface area (Å²) in [6.45, 7) is 18.6. The summed E-state index contributed by atoms with van der Waals surface area (Å²) in [6.07, 6.45) is 1.57. The molecule has 19 heteroatoms. The number of phenols is 7. The van der Waals surface area contributed by atoms with E-state index in [0.29, 0.717) is 29.2 Å². The molecule has 0 saturated carbocycles. The number of amides is 1. The Hall–Kier alpha value is -9.04. The lowest BCUT2D eigenvalue weighted by Gasteiger charge is -2.06. The molecule has 1 heterocycles. The van der Waals surface area contributed by atoms with Crippen molar-refractivity contribution in [3.63, 3.8) is 0 Å². The van der Waals surface area contributed by atoms with Crippen molar-refractivity contribution in [2.45, 2.75) is 82.5 Å². The maximum absolute atomic E-state index is 12.5. The summed E-state index contributed by atoms with van der Waals surface area (Å²) < 4.78 is 36.4. The Bertz CT molecular complexity index is 3150. The van der Waals surface area contributed by atoms with Gasteiger partial charge in [0, 0.05) is 17.4 Å². The van der Waals surface area contributed by atoms with E-state index in [1.807, 2.05) is 78.8 Å². The Morgan fingerprint density at radius 1 is 0.475 bits per heavy atom. The summed E-state index contributed by atoms with van der Waals surface area (Å²) in [4.78, 5) is 13.9. The first-order valence-corrected chi connectivity index (χ1v) is 26.2. The Labute approximate surface area is 468 Å². The summed E-state index contributed by atoms with van der Waals surface area (Å²) in [5.74, 6) is 0.392. The number of aryl methyl sites for hydroxylation is 10. The number of nitrogens with zero attached hydrogens (tertiary/aromatic N) is 1. The minimum Gasteiger partial charge on any atom is -0.508 e. The highest BCUT2D eigenvalue weighted by molar-refractivity contribution is 7.92. The van der Waals surface area contributed by atoms with Gasteiger partial charge in [0.05, 0.1) is 30.8 Å². The fourth-order valence-corrected chi connectivity index (χ4v) is 7.01. The lowest BCUT2D eigenvalue weighted by Crippen LogP contribution is -2.09. The quantitative estimate of drug-likeness (QED) is 0.0418. The van der Waals surface area contributed by atoms with Crippen LogP contribution in [0.15, 0.2) is 140 Å². The summed E-state index contributed by atoms with van der Waals surface area (Å²) in [7, 11) is -3.33. The SMILES string of the molecule is Cc1cc(N)cc(CO)c1.Cc1cc(O)cc(O)c1.Cc1ccc(F)c(C)c1.Cc1ccc(O)c(C)c1.Cc1ccc(O)c(CO)n1.Cc1ccc(O)c(NC=O)c1.Cc1ccc(O)c(NS(C)(=O)=O)c1.Cc1ccc(O)c(O)c1. The third kappa shape index (κ3) is 28.9. The topological polar surface area (TPSA) is 316 Å². The summed E-state index contributed by atoms with van der Waals surface area (Å²) >= 11 is 0. The zero-order valence-electron chi connectivity index (χ0n) is 46.8. The molecule has 0 unspecified atom stereocenters. The molecule has 0 fully saturated rings. The zero-order valence-corrected chi connectivity index (χ0v) is 47.6. The lowest BCUT2D eigenvalue weighted by molar-refractivity contribution is -0.105. The van der Waals surface area contributed by atoms with E-state index in [2.05, 4.69) is 15.0 Å². The third-order valence-electron chi connectivity index (χ3n) is 10.2. The molecule has 1 amide bonds. The van der Waals surface area contributed by atoms with E-state index in [-0.39, 0.29) is 65.0 Å². The number of benzene rings is 7.